The van der Waals surface area contributed by atoms with Gasteiger partial charge in [0.15, 0.2) is 5.78 Å². The van der Waals surface area contributed by atoms with Gasteiger partial charge in [0.2, 0.25) is 0 Å². The van der Waals surface area contributed by atoms with Gasteiger partial charge in [-0.1, -0.05) is 38.5 Å². The number of allylic oxidation sites excluding steroid dienone is 1. The van der Waals surface area contributed by atoms with Crippen molar-refractivity contribution >= 4 is 34.1 Å². The van der Waals surface area contributed by atoms with Gasteiger partial charge in [-0.2, -0.15) is 0 Å². The van der Waals surface area contributed by atoms with Crippen LogP contribution in [0.5, 0.6) is 0 Å². The Bertz CT molecular complexity index is 991. The number of aryl methyl sites for hydroxylation is 2. The molecule has 1 unspecified atom stereocenters. The largest absolute Gasteiger partial charge is 0.347 e. The maximum Gasteiger partial charge on any atom is 0.191 e. The lowest BCUT2D eigenvalue weighted by Crippen LogP contribution is -2.13. The van der Waals surface area contributed by atoms with Gasteiger partial charge in [-0.25, -0.2) is 0 Å². The maximum absolute atomic E-state index is 13.7. The zero-order valence-electron chi connectivity index (χ0n) is 16.2. The highest BCUT2D eigenvalue weighted by atomic mass is 32.1. The molecule has 0 spiro atoms. The summed E-state index contributed by atoms with van der Waals surface area (Å²) in [6.45, 7) is 5.34. The first-order valence-corrected chi connectivity index (χ1v) is 11.0. The molecule has 0 amide bonds. The fraction of sp³-hybridized carbons (Fsp3) is 0.375. The quantitative estimate of drug-likeness (QED) is 0.436. The first-order chi connectivity index (χ1) is 13.2. The van der Waals surface area contributed by atoms with Gasteiger partial charge in [0, 0.05) is 39.7 Å². The highest BCUT2D eigenvalue weighted by molar-refractivity contribution is 7.10. The van der Waals surface area contributed by atoms with Crippen molar-refractivity contribution in [3.8, 4) is 0 Å². The lowest BCUT2D eigenvalue weighted by atomic mass is 9.86. The molecule has 3 heteroatoms. The van der Waals surface area contributed by atoms with Gasteiger partial charge >= 0.3 is 0 Å². The molecule has 2 heterocycles. The third kappa shape index (κ3) is 3.41. The summed E-state index contributed by atoms with van der Waals surface area (Å²) in [5.41, 5.74) is 4.29. The predicted molar refractivity (Wildman–Crippen MR) is 116 cm³/mol. The Kier molecular flexibility index (Phi) is 5.31. The van der Waals surface area contributed by atoms with Gasteiger partial charge in [0.1, 0.15) is 0 Å². The maximum atomic E-state index is 13.7. The Labute approximate surface area is 165 Å². The molecule has 3 aromatic rings. The van der Waals surface area contributed by atoms with E-state index >= 15 is 0 Å². The molecule has 0 saturated heterocycles. The molecule has 1 aliphatic rings. The molecule has 0 bridgehead atoms. The number of hydrogen-bond donors (Lipinski definition) is 0. The standard InChI is InChI=1S/C24H27NOS/c1-3-7-17-10-11-23-18(12-14-27-23)15-20(17)24(26)21-16-25(13-4-2)22-9-6-5-8-19(21)22/h5-6,8-9,12,14-17H,3-4,7,10-11,13H2,1-2H3. The Morgan fingerprint density at radius 3 is 2.85 bits per heavy atom. The number of thiophene rings is 1. The summed E-state index contributed by atoms with van der Waals surface area (Å²) in [7, 11) is 0. The van der Waals surface area contributed by atoms with Crippen molar-refractivity contribution in [3.05, 3.63) is 63.5 Å². The van der Waals surface area contributed by atoms with Crippen LogP contribution >= 0.6 is 11.3 Å². The van der Waals surface area contributed by atoms with E-state index in [-0.39, 0.29) is 5.78 Å². The highest BCUT2D eigenvalue weighted by Gasteiger charge is 2.27. The van der Waals surface area contributed by atoms with Gasteiger partial charge in [-0.3, -0.25) is 4.79 Å². The van der Waals surface area contributed by atoms with E-state index in [0.29, 0.717) is 5.92 Å². The van der Waals surface area contributed by atoms with Crippen LogP contribution in [0.2, 0.25) is 0 Å². The number of nitrogens with zero attached hydrogens (tertiary/aromatic N) is 1. The van der Waals surface area contributed by atoms with Crippen molar-refractivity contribution in [1.82, 2.24) is 4.57 Å². The summed E-state index contributed by atoms with van der Waals surface area (Å²) in [6, 6.07) is 10.5. The third-order valence-corrected chi connectivity index (χ3v) is 6.64. The normalized spacial score (nSPS) is 16.8. The molecule has 2 aromatic heterocycles. The molecular weight excluding hydrogens is 350 g/mol. The lowest BCUT2D eigenvalue weighted by molar-refractivity contribution is 0.102. The number of hydrogen-bond acceptors (Lipinski definition) is 2. The topological polar surface area (TPSA) is 22.0 Å². The number of carbonyl (C=O) groups excluding carboxylic acids is 1. The van der Waals surface area contributed by atoms with Crippen LogP contribution in [0.25, 0.3) is 17.0 Å². The number of aromatic nitrogens is 1. The van der Waals surface area contributed by atoms with E-state index < -0.39 is 0 Å². The van der Waals surface area contributed by atoms with E-state index in [1.165, 1.54) is 16.0 Å². The van der Waals surface area contributed by atoms with Gasteiger partial charge in [-0.05, 0) is 60.8 Å². The molecule has 1 aliphatic carbocycles. The van der Waals surface area contributed by atoms with Crippen LogP contribution in [-0.2, 0) is 13.0 Å². The fourth-order valence-corrected chi connectivity index (χ4v) is 5.21. The van der Waals surface area contributed by atoms with E-state index in [2.05, 4.69) is 60.3 Å². The van der Waals surface area contributed by atoms with Crippen molar-refractivity contribution in [2.24, 2.45) is 5.92 Å². The number of carbonyl (C=O) groups is 1. The second-order valence-corrected chi connectivity index (χ2v) is 8.51. The van der Waals surface area contributed by atoms with Crippen LogP contribution in [0.1, 0.15) is 60.3 Å². The van der Waals surface area contributed by atoms with Gasteiger partial charge in [0.25, 0.3) is 0 Å². The third-order valence-electron chi connectivity index (χ3n) is 5.65. The highest BCUT2D eigenvalue weighted by Crippen LogP contribution is 2.36. The van der Waals surface area contributed by atoms with Crippen molar-refractivity contribution < 1.29 is 4.79 Å². The second kappa shape index (κ2) is 7.85. The summed E-state index contributed by atoms with van der Waals surface area (Å²) < 4.78 is 2.24. The van der Waals surface area contributed by atoms with E-state index in [9.17, 15) is 4.79 Å². The van der Waals surface area contributed by atoms with Crippen LogP contribution in [0, 0.1) is 5.92 Å². The summed E-state index contributed by atoms with van der Waals surface area (Å²) >= 11 is 1.82. The molecule has 2 nitrogen and oxygen atoms in total. The number of rotatable bonds is 6. The number of Topliss-reactive ketones (excluding diaryl/α,β-unsaturated/α-hetero) is 1. The smallest absolute Gasteiger partial charge is 0.191 e. The minimum absolute atomic E-state index is 0.221. The molecule has 1 atom stereocenters. The predicted octanol–water partition coefficient (Wildman–Crippen LogP) is 6.74. The van der Waals surface area contributed by atoms with E-state index in [1.807, 2.05) is 17.4 Å². The van der Waals surface area contributed by atoms with Crippen molar-refractivity contribution in [2.75, 3.05) is 0 Å². The summed E-state index contributed by atoms with van der Waals surface area (Å²) in [5, 5.41) is 3.23. The van der Waals surface area contributed by atoms with Crippen LogP contribution in [0.4, 0.5) is 0 Å². The van der Waals surface area contributed by atoms with Crippen LogP contribution < -0.4 is 0 Å². The number of ketones is 1. The van der Waals surface area contributed by atoms with E-state index in [4.69, 9.17) is 0 Å². The minimum atomic E-state index is 0.221. The minimum Gasteiger partial charge on any atom is -0.347 e. The molecule has 0 radical (unpaired) electrons. The Morgan fingerprint density at radius 1 is 1.19 bits per heavy atom. The van der Waals surface area contributed by atoms with Crippen molar-refractivity contribution in [2.45, 2.75) is 52.5 Å². The van der Waals surface area contributed by atoms with E-state index in [1.54, 1.807) is 0 Å². The fourth-order valence-electron chi connectivity index (χ4n) is 4.34. The first kappa shape index (κ1) is 18.2. The molecule has 4 rings (SSSR count). The average Bonchev–Trinajstić information content (AvgIpc) is 3.24. The zero-order valence-corrected chi connectivity index (χ0v) is 17.0. The van der Waals surface area contributed by atoms with Crippen LogP contribution in [0.3, 0.4) is 0 Å². The summed E-state index contributed by atoms with van der Waals surface area (Å²) in [5.74, 6) is 0.578. The molecule has 0 N–H and O–H groups in total. The Morgan fingerprint density at radius 2 is 2.04 bits per heavy atom. The molecule has 1 aromatic carbocycles. The van der Waals surface area contributed by atoms with Gasteiger partial charge in [-0.15, -0.1) is 11.3 Å². The molecular formula is C24H27NOS. The molecule has 0 fully saturated rings. The van der Waals surface area contributed by atoms with Gasteiger partial charge in [0.05, 0.1) is 0 Å². The number of para-hydroxylation sites is 1. The number of benzene rings is 1. The zero-order chi connectivity index (χ0) is 18.8. The molecule has 0 aliphatic heterocycles. The van der Waals surface area contributed by atoms with Crippen LogP contribution in [-0.4, -0.2) is 10.4 Å². The molecule has 0 saturated carbocycles. The Hall–Kier alpha value is -2.13. The SMILES string of the molecule is CCCC1CCc2sccc2C=C1C(=O)c1cn(CCC)c2ccccc12. The van der Waals surface area contributed by atoms with E-state index in [0.717, 1.165) is 55.2 Å². The average molecular weight is 378 g/mol. The lowest BCUT2D eigenvalue weighted by Gasteiger charge is -2.17. The van der Waals surface area contributed by atoms with Gasteiger partial charge < -0.3 is 4.57 Å². The number of fused-ring (bicyclic) bond motifs is 2. The van der Waals surface area contributed by atoms with Crippen molar-refractivity contribution in [1.29, 1.82) is 0 Å². The molecule has 140 valence electrons. The Balaban J connectivity index is 1.81. The first-order valence-electron chi connectivity index (χ1n) is 10.1. The summed E-state index contributed by atoms with van der Waals surface area (Å²) in [6.07, 6.45) is 9.69. The molecule has 27 heavy (non-hydrogen) atoms. The van der Waals surface area contributed by atoms with Crippen LogP contribution in [0.15, 0.2) is 47.5 Å². The second-order valence-electron chi connectivity index (χ2n) is 7.51. The van der Waals surface area contributed by atoms with Crippen molar-refractivity contribution in [3.63, 3.8) is 0 Å². The summed E-state index contributed by atoms with van der Waals surface area (Å²) in [4.78, 5) is 15.1. The monoisotopic (exact) mass is 377 g/mol.